The second-order valence-corrected chi connectivity index (χ2v) is 8.63. The number of aryl methyl sites for hydroxylation is 1. The highest BCUT2D eigenvalue weighted by atomic mass is 35.5. The van der Waals surface area contributed by atoms with E-state index in [1.807, 2.05) is 0 Å². The largest absolute Gasteiger partial charge is 0.435 e. The number of hydrogen-bond donors (Lipinski definition) is 1. The summed E-state index contributed by atoms with van der Waals surface area (Å²) in [5.41, 5.74) is -2.61. The van der Waals surface area contributed by atoms with Gasteiger partial charge in [0.1, 0.15) is 12.0 Å². The number of hydrogen-bond acceptors (Lipinski definition) is 5. The SMILES string of the molecule is Cc1cc(C2=NOC(c3cc(Cl)c(Cl)c(Cl)c3)(C(F)(F)F)C2)sc1C(=O)NCC=O. The van der Waals surface area contributed by atoms with Crippen molar-refractivity contribution in [1.29, 1.82) is 0 Å². The minimum atomic E-state index is -4.85. The number of thiophene rings is 1. The van der Waals surface area contributed by atoms with Gasteiger partial charge in [-0.25, -0.2) is 0 Å². The highest BCUT2D eigenvalue weighted by Gasteiger charge is 2.62. The van der Waals surface area contributed by atoms with Crippen LogP contribution in [0, 0.1) is 6.92 Å². The number of halogens is 6. The molecule has 0 saturated heterocycles. The quantitative estimate of drug-likeness (QED) is 0.435. The lowest BCUT2D eigenvalue weighted by Gasteiger charge is -2.29. The van der Waals surface area contributed by atoms with E-state index in [1.54, 1.807) is 6.92 Å². The Bertz CT molecular complexity index is 1030. The fourth-order valence-corrected chi connectivity index (χ4v) is 4.55. The van der Waals surface area contributed by atoms with Crippen LogP contribution in [0.2, 0.25) is 15.1 Å². The Morgan fingerprint density at radius 2 is 1.93 bits per heavy atom. The third-order valence-electron chi connectivity index (χ3n) is 4.39. The molecule has 0 bridgehead atoms. The molecule has 160 valence electrons. The molecule has 12 heteroatoms. The van der Waals surface area contributed by atoms with Gasteiger partial charge in [0.2, 0.25) is 0 Å². The molecule has 1 aromatic heterocycles. The second-order valence-electron chi connectivity index (χ2n) is 6.38. The van der Waals surface area contributed by atoms with Crippen LogP contribution < -0.4 is 5.32 Å². The Morgan fingerprint density at radius 1 is 1.30 bits per heavy atom. The van der Waals surface area contributed by atoms with Crippen molar-refractivity contribution >= 4 is 64.0 Å². The van der Waals surface area contributed by atoms with E-state index >= 15 is 0 Å². The molecule has 1 aromatic carbocycles. The van der Waals surface area contributed by atoms with Gasteiger partial charge in [0.15, 0.2) is 0 Å². The molecule has 1 aliphatic heterocycles. The van der Waals surface area contributed by atoms with Gasteiger partial charge in [-0.1, -0.05) is 40.0 Å². The lowest BCUT2D eigenvalue weighted by Crippen LogP contribution is -2.42. The van der Waals surface area contributed by atoms with Gasteiger partial charge in [0.25, 0.3) is 11.5 Å². The molecule has 0 aliphatic carbocycles. The highest BCUT2D eigenvalue weighted by molar-refractivity contribution is 7.16. The molecule has 3 rings (SSSR count). The summed E-state index contributed by atoms with van der Waals surface area (Å²) in [4.78, 5) is 28.1. The van der Waals surface area contributed by atoms with Gasteiger partial charge in [-0.2, -0.15) is 13.2 Å². The van der Waals surface area contributed by atoms with Crippen molar-refractivity contribution in [2.24, 2.45) is 5.16 Å². The Balaban J connectivity index is 1.97. The van der Waals surface area contributed by atoms with Crippen molar-refractivity contribution in [2.45, 2.75) is 25.1 Å². The van der Waals surface area contributed by atoms with Crippen molar-refractivity contribution in [3.05, 3.63) is 54.1 Å². The average Bonchev–Trinajstić information content (AvgIpc) is 3.28. The first-order valence-corrected chi connectivity index (χ1v) is 10.2. The Morgan fingerprint density at radius 3 is 2.50 bits per heavy atom. The number of amides is 1. The number of oxime groups is 1. The van der Waals surface area contributed by atoms with Crippen LogP contribution in [-0.2, 0) is 15.2 Å². The van der Waals surface area contributed by atoms with Crippen LogP contribution in [0.1, 0.15) is 32.1 Å². The van der Waals surface area contributed by atoms with Crippen molar-refractivity contribution in [2.75, 3.05) is 6.54 Å². The second kappa shape index (κ2) is 8.37. The molecule has 1 atom stereocenters. The third-order valence-corrected chi connectivity index (χ3v) is 6.87. The first kappa shape index (κ1) is 22.9. The lowest BCUT2D eigenvalue weighted by atomic mass is 9.88. The van der Waals surface area contributed by atoms with Crippen LogP contribution in [0.15, 0.2) is 23.4 Å². The first-order valence-electron chi connectivity index (χ1n) is 8.29. The van der Waals surface area contributed by atoms with E-state index in [-0.39, 0.29) is 37.8 Å². The van der Waals surface area contributed by atoms with E-state index < -0.39 is 24.1 Å². The zero-order chi connectivity index (χ0) is 22.3. The zero-order valence-corrected chi connectivity index (χ0v) is 18.2. The van der Waals surface area contributed by atoms with Gasteiger partial charge in [-0.15, -0.1) is 11.3 Å². The number of benzene rings is 1. The molecule has 1 aliphatic rings. The van der Waals surface area contributed by atoms with E-state index in [4.69, 9.17) is 39.6 Å². The summed E-state index contributed by atoms with van der Waals surface area (Å²) in [6, 6.07) is 3.62. The summed E-state index contributed by atoms with van der Waals surface area (Å²) in [5, 5.41) is 5.67. The summed E-state index contributed by atoms with van der Waals surface area (Å²) in [5.74, 6) is -0.506. The average molecular weight is 500 g/mol. The van der Waals surface area contributed by atoms with Crippen LogP contribution in [0.5, 0.6) is 0 Å². The zero-order valence-electron chi connectivity index (χ0n) is 15.1. The van der Waals surface area contributed by atoms with Crippen LogP contribution in [0.4, 0.5) is 13.2 Å². The van der Waals surface area contributed by atoms with Gasteiger partial charge in [0.05, 0.1) is 37.8 Å². The summed E-state index contributed by atoms with van der Waals surface area (Å²) in [7, 11) is 0. The van der Waals surface area contributed by atoms with Crippen LogP contribution >= 0.6 is 46.1 Å². The molecule has 2 aromatic rings. The maximum Gasteiger partial charge on any atom is 0.435 e. The monoisotopic (exact) mass is 498 g/mol. The number of rotatable bonds is 5. The molecule has 0 saturated carbocycles. The lowest BCUT2D eigenvalue weighted by molar-refractivity contribution is -0.275. The van der Waals surface area contributed by atoms with E-state index in [1.165, 1.54) is 6.07 Å². The predicted molar refractivity (Wildman–Crippen MR) is 109 cm³/mol. The van der Waals surface area contributed by atoms with E-state index in [9.17, 15) is 22.8 Å². The van der Waals surface area contributed by atoms with Gasteiger partial charge >= 0.3 is 6.18 Å². The molecule has 30 heavy (non-hydrogen) atoms. The molecule has 5 nitrogen and oxygen atoms in total. The minimum absolute atomic E-state index is 0.0112. The summed E-state index contributed by atoms with van der Waals surface area (Å²) in [6.07, 6.45) is -4.98. The van der Waals surface area contributed by atoms with Crippen molar-refractivity contribution < 1.29 is 27.6 Å². The maximum atomic E-state index is 14.1. The fourth-order valence-electron chi connectivity index (χ4n) is 2.89. The van der Waals surface area contributed by atoms with E-state index in [0.29, 0.717) is 16.7 Å². The van der Waals surface area contributed by atoms with Gasteiger partial charge in [0, 0.05) is 5.56 Å². The number of carbonyl (C=O) groups excluding carboxylic acids is 2. The topological polar surface area (TPSA) is 67.8 Å². The number of carbonyl (C=O) groups is 2. The normalized spacial score (nSPS) is 18.7. The molecule has 2 heterocycles. The van der Waals surface area contributed by atoms with Crippen LogP contribution in [-0.4, -0.2) is 30.6 Å². The summed E-state index contributed by atoms with van der Waals surface area (Å²) >= 11 is 18.6. The van der Waals surface area contributed by atoms with Crippen molar-refractivity contribution in [1.82, 2.24) is 5.32 Å². The van der Waals surface area contributed by atoms with Gasteiger partial charge in [-0.3, -0.25) is 4.79 Å². The first-order chi connectivity index (χ1) is 14.0. The maximum absolute atomic E-state index is 14.1. The van der Waals surface area contributed by atoms with E-state index in [2.05, 4.69) is 10.5 Å². The highest BCUT2D eigenvalue weighted by Crippen LogP contribution is 2.51. The molecule has 1 N–H and O–H groups in total. The van der Waals surface area contributed by atoms with Gasteiger partial charge in [-0.05, 0) is 30.7 Å². The van der Waals surface area contributed by atoms with Gasteiger partial charge < -0.3 is 14.9 Å². The third kappa shape index (κ3) is 4.03. The van der Waals surface area contributed by atoms with Crippen molar-refractivity contribution in [3.8, 4) is 0 Å². The molecule has 0 radical (unpaired) electrons. The van der Waals surface area contributed by atoms with Crippen LogP contribution in [0.3, 0.4) is 0 Å². The summed E-state index contributed by atoms with van der Waals surface area (Å²) in [6.45, 7) is 1.45. The number of nitrogens with zero attached hydrogens (tertiary/aromatic N) is 1. The number of nitrogens with one attached hydrogen (secondary N) is 1. The molecule has 1 unspecified atom stereocenters. The molecular weight excluding hydrogens is 488 g/mol. The standard InChI is InChI=1S/C18H12Cl3F3N2O3S/c1-8-4-13(30-15(8)16(28)25-2-3-27)12-7-17(29-26-12,18(22,23)24)9-5-10(19)14(21)11(20)6-9/h3-6H,2,7H2,1H3,(H,25,28). The van der Waals surface area contributed by atoms with E-state index in [0.717, 1.165) is 23.5 Å². The molecule has 0 fully saturated rings. The number of aldehydes is 1. The number of alkyl halides is 3. The minimum Gasteiger partial charge on any atom is -0.374 e. The molecule has 0 spiro atoms. The Hall–Kier alpha value is -1.81. The fraction of sp³-hybridized carbons (Fsp3) is 0.278. The summed E-state index contributed by atoms with van der Waals surface area (Å²) < 4.78 is 42.3. The van der Waals surface area contributed by atoms with Crippen LogP contribution in [0.25, 0.3) is 0 Å². The Kier molecular flexibility index (Phi) is 6.38. The smallest absolute Gasteiger partial charge is 0.374 e. The Labute approximate surface area is 187 Å². The molecular formula is C18H12Cl3F3N2O3S. The van der Waals surface area contributed by atoms with Crippen molar-refractivity contribution in [3.63, 3.8) is 0 Å². The predicted octanol–water partition coefficient (Wildman–Crippen LogP) is 5.53. The molecule has 1 amide bonds.